The molecule has 0 amide bonds. The quantitative estimate of drug-likeness (QED) is 0.566. The van der Waals surface area contributed by atoms with Gasteiger partial charge in [0.1, 0.15) is 0 Å². The Kier molecular flexibility index (Phi) is 3.18. The fraction of sp³-hybridized carbons (Fsp3) is 0.458. The second kappa shape index (κ2) is 5.52. The van der Waals surface area contributed by atoms with Gasteiger partial charge in [0.2, 0.25) is 0 Å². The molecule has 136 valence electrons. The second-order valence-electron chi connectivity index (χ2n) is 9.17. The molecule has 0 N–H and O–H groups in total. The predicted molar refractivity (Wildman–Crippen MR) is 110 cm³/mol. The summed E-state index contributed by atoms with van der Waals surface area (Å²) in [4.78, 5) is 8.39. The second-order valence-corrected chi connectivity index (χ2v) is 9.17. The average molecular weight is 355 g/mol. The molecule has 2 saturated carbocycles. The zero-order valence-electron chi connectivity index (χ0n) is 15.9. The molecule has 4 aliphatic carbocycles. The molecule has 7 rings (SSSR count). The minimum atomic E-state index is 0.717. The fourth-order valence-corrected chi connectivity index (χ4v) is 6.51. The molecule has 2 aromatic rings. The lowest BCUT2D eigenvalue weighted by molar-refractivity contribution is 0.166. The molecule has 0 radical (unpaired) electrons. The van der Waals surface area contributed by atoms with E-state index in [1.807, 2.05) is 18.2 Å². The maximum Gasteiger partial charge on any atom is 0.189 e. The summed E-state index contributed by atoms with van der Waals surface area (Å²) in [6, 6.07) is 13.1. The summed E-state index contributed by atoms with van der Waals surface area (Å²) < 4.78 is 0. The first-order valence-corrected chi connectivity index (χ1v) is 10.3. The average Bonchev–Trinajstić information content (AvgIpc) is 2.92. The molecule has 0 spiro atoms. The Morgan fingerprint density at radius 1 is 0.889 bits per heavy atom. The van der Waals surface area contributed by atoms with Crippen LogP contribution in [0.3, 0.4) is 0 Å². The molecule has 2 atom stereocenters. The summed E-state index contributed by atoms with van der Waals surface area (Å²) in [5.74, 6) is 3.47. The third-order valence-electron chi connectivity index (χ3n) is 7.52. The van der Waals surface area contributed by atoms with Crippen molar-refractivity contribution in [3.63, 3.8) is 0 Å². The SMILES string of the molecule is [C-]#[N+]c1cccc(N2CN(C)c3cc4c(cc32)C2CC3CC(CC4C3)C2)c1. The van der Waals surface area contributed by atoms with E-state index in [-0.39, 0.29) is 0 Å². The number of hydrogen-bond donors (Lipinski definition) is 0. The first kappa shape index (κ1) is 15.6. The van der Waals surface area contributed by atoms with Crippen molar-refractivity contribution < 1.29 is 0 Å². The van der Waals surface area contributed by atoms with Crippen LogP contribution in [0.1, 0.15) is 55.1 Å². The number of hydrogen-bond acceptors (Lipinski definition) is 2. The van der Waals surface area contributed by atoms with E-state index < -0.39 is 0 Å². The van der Waals surface area contributed by atoms with E-state index in [2.05, 4.69) is 39.9 Å². The van der Waals surface area contributed by atoms with E-state index in [0.29, 0.717) is 5.69 Å². The zero-order valence-corrected chi connectivity index (χ0v) is 15.9. The highest BCUT2D eigenvalue weighted by Gasteiger charge is 2.43. The van der Waals surface area contributed by atoms with Crippen molar-refractivity contribution in [3.8, 4) is 0 Å². The van der Waals surface area contributed by atoms with Crippen LogP contribution >= 0.6 is 0 Å². The van der Waals surface area contributed by atoms with Crippen LogP contribution in [0.5, 0.6) is 0 Å². The smallest absolute Gasteiger partial charge is 0.189 e. The van der Waals surface area contributed by atoms with Crippen molar-refractivity contribution in [2.24, 2.45) is 11.8 Å². The highest BCUT2D eigenvalue weighted by molar-refractivity contribution is 5.84. The Morgan fingerprint density at radius 2 is 1.56 bits per heavy atom. The molecule has 4 bridgehead atoms. The number of benzene rings is 2. The van der Waals surface area contributed by atoms with Gasteiger partial charge in [-0.25, -0.2) is 4.85 Å². The Hall–Kier alpha value is -2.47. The van der Waals surface area contributed by atoms with Crippen LogP contribution in [0.25, 0.3) is 4.85 Å². The minimum Gasteiger partial charge on any atom is -0.355 e. The van der Waals surface area contributed by atoms with Crippen LogP contribution < -0.4 is 9.80 Å². The molecule has 1 aliphatic heterocycles. The van der Waals surface area contributed by atoms with Crippen LogP contribution in [-0.4, -0.2) is 13.7 Å². The normalized spacial score (nSPS) is 30.1. The molecular weight excluding hydrogens is 330 g/mol. The minimum absolute atomic E-state index is 0.717. The zero-order chi connectivity index (χ0) is 18.1. The number of nitrogens with zero attached hydrogens (tertiary/aromatic N) is 3. The van der Waals surface area contributed by atoms with Gasteiger partial charge in [0, 0.05) is 12.7 Å². The molecule has 3 heteroatoms. The fourth-order valence-electron chi connectivity index (χ4n) is 6.51. The lowest BCUT2D eigenvalue weighted by Crippen LogP contribution is -2.25. The highest BCUT2D eigenvalue weighted by atomic mass is 15.4. The van der Waals surface area contributed by atoms with Crippen molar-refractivity contribution in [2.45, 2.75) is 43.9 Å². The lowest BCUT2D eigenvalue weighted by atomic mass is 9.67. The molecular formula is C24H25N3. The molecule has 0 saturated heterocycles. The van der Waals surface area contributed by atoms with Gasteiger partial charge in [-0.3, -0.25) is 0 Å². The van der Waals surface area contributed by atoms with Crippen molar-refractivity contribution in [1.82, 2.24) is 0 Å². The van der Waals surface area contributed by atoms with Crippen LogP contribution in [0.4, 0.5) is 22.7 Å². The van der Waals surface area contributed by atoms with Crippen molar-refractivity contribution >= 4 is 22.7 Å². The van der Waals surface area contributed by atoms with Crippen molar-refractivity contribution in [3.05, 3.63) is 58.9 Å². The van der Waals surface area contributed by atoms with E-state index >= 15 is 0 Å². The standard InChI is InChI=1S/C24H25N3/c1-25-19-4-3-5-20(11-19)27-14-26(2)23-12-21-17-7-15-6-16(8-17)10-18(9-15)22(21)13-24(23)27/h3-5,11-13,15-18H,6-10,14H2,2H3. The Morgan fingerprint density at radius 3 is 2.22 bits per heavy atom. The third kappa shape index (κ3) is 2.26. The van der Waals surface area contributed by atoms with E-state index in [1.54, 1.807) is 11.1 Å². The van der Waals surface area contributed by atoms with E-state index in [9.17, 15) is 0 Å². The first-order valence-electron chi connectivity index (χ1n) is 10.3. The molecule has 2 aromatic carbocycles. The van der Waals surface area contributed by atoms with Crippen LogP contribution in [0, 0.1) is 18.4 Å². The van der Waals surface area contributed by atoms with Gasteiger partial charge < -0.3 is 9.80 Å². The summed E-state index contributed by atoms with van der Waals surface area (Å²) in [6.07, 6.45) is 7.12. The van der Waals surface area contributed by atoms with Gasteiger partial charge in [0.05, 0.1) is 24.6 Å². The van der Waals surface area contributed by atoms with Gasteiger partial charge in [-0.2, -0.15) is 0 Å². The summed E-state index contributed by atoms with van der Waals surface area (Å²) in [5, 5.41) is 0. The molecule has 5 aliphatic rings. The van der Waals surface area contributed by atoms with Crippen molar-refractivity contribution in [1.29, 1.82) is 0 Å². The summed E-state index contributed by atoms with van der Waals surface area (Å²) >= 11 is 0. The summed E-state index contributed by atoms with van der Waals surface area (Å²) in [7, 11) is 2.20. The third-order valence-corrected chi connectivity index (χ3v) is 7.52. The van der Waals surface area contributed by atoms with E-state index in [0.717, 1.165) is 36.0 Å². The maximum atomic E-state index is 7.34. The Balaban J connectivity index is 1.49. The first-order chi connectivity index (χ1) is 13.2. The van der Waals surface area contributed by atoms with Gasteiger partial charge in [0.25, 0.3) is 0 Å². The topological polar surface area (TPSA) is 10.8 Å². The van der Waals surface area contributed by atoms with Gasteiger partial charge >= 0.3 is 0 Å². The summed E-state index contributed by atoms with van der Waals surface area (Å²) in [6.45, 7) is 8.21. The highest BCUT2D eigenvalue weighted by Crippen LogP contribution is 2.58. The van der Waals surface area contributed by atoms with Gasteiger partial charge in [0.15, 0.2) is 5.69 Å². The molecule has 3 nitrogen and oxygen atoms in total. The van der Waals surface area contributed by atoms with Crippen LogP contribution in [0.2, 0.25) is 0 Å². The van der Waals surface area contributed by atoms with Crippen LogP contribution in [0.15, 0.2) is 36.4 Å². The molecule has 2 fully saturated rings. The Bertz CT molecular complexity index is 958. The van der Waals surface area contributed by atoms with Crippen LogP contribution in [-0.2, 0) is 0 Å². The monoisotopic (exact) mass is 355 g/mol. The van der Waals surface area contributed by atoms with Gasteiger partial charge in [-0.15, -0.1) is 0 Å². The molecule has 27 heavy (non-hydrogen) atoms. The molecule has 0 aromatic heterocycles. The van der Waals surface area contributed by atoms with E-state index in [1.165, 1.54) is 43.5 Å². The molecule has 1 heterocycles. The number of rotatable bonds is 1. The largest absolute Gasteiger partial charge is 0.355 e. The van der Waals surface area contributed by atoms with E-state index in [4.69, 9.17) is 6.57 Å². The van der Waals surface area contributed by atoms with Crippen molar-refractivity contribution in [2.75, 3.05) is 23.5 Å². The maximum absolute atomic E-state index is 7.34. The summed E-state index contributed by atoms with van der Waals surface area (Å²) in [5.41, 5.74) is 7.85. The number of anilines is 3. The molecule has 2 unspecified atom stereocenters. The lowest BCUT2D eigenvalue weighted by Gasteiger charge is -2.38. The van der Waals surface area contributed by atoms with Gasteiger partial charge in [-0.05, 0) is 91.2 Å². The Labute approximate surface area is 161 Å². The van der Waals surface area contributed by atoms with Gasteiger partial charge in [-0.1, -0.05) is 12.1 Å². The predicted octanol–water partition coefficient (Wildman–Crippen LogP) is 6.17. The number of fused-ring (bicyclic) bond motifs is 1.